The zero-order chi connectivity index (χ0) is 12.0. The Bertz CT molecular complexity index is 394. The Kier molecular flexibility index (Phi) is 2.41. The highest BCUT2D eigenvalue weighted by Crippen LogP contribution is 2.45. The van der Waals surface area contributed by atoms with E-state index in [1.807, 2.05) is 13.8 Å². The highest BCUT2D eigenvalue weighted by atomic mass is 16.5. The normalized spacial score (nSPS) is 41.2. The number of hydrogen-bond acceptors (Lipinski definition) is 4. The van der Waals surface area contributed by atoms with Crippen LogP contribution in [-0.4, -0.2) is 28.7 Å². The third kappa shape index (κ3) is 1.57. The van der Waals surface area contributed by atoms with Crippen LogP contribution in [0.4, 0.5) is 0 Å². The van der Waals surface area contributed by atoms with Crippen molar-refractivity contribution in [2.75, 3.05) is 0 Å². The standard InChI is InChI=1S/C12H15NO3/c1-11(2)6-9(15)12(7-13)4-3-8(14)5-10(12)16-11/h3-4,9-10,15H,5-6H2,1-2H3/t9-,10?,12+/m1/s1. The number of carbonyl (C=O) groups excluding carboxylic acids is 1. The Morgan fingerprint density at radius 3 is 2.94 bits per heavy atom. The molecule has 0 aromatic rings. The monoisotopic (exact) mass is 221 g/mol. The maximum Gasteiger partial charge on any atom is 0.158 e. The Hall–Kier alpha value is -1.18. The van der Waals surface area contributed by atoms with Crippen LogP contribution in [0.5, 0.6) is 0 Å². The zero-order valence-corrected chi connectivity index (χ0v) is 9.43. The SMILES string of the molecule is CC1(C)C[C@@H](O)[C@@]2(C#N)C=CC(=O)CC2O1. The molecular formula is C12H15NO3. The van der Waals surface area contributed by atoms with Crippen LogP contribution in [0.25, 0.3) is 0 Å². The molecule has 0 spiro atoms. The van der Waals surface area contributed by atoms with Crippen molar-refractivity contribution in [1.29, 1.82) is 5.26 Å². The van der Waals surface area contributed by atoms with E-state index in [-0.39, 0.29) is 12.2 Å². The van der Waals surface area contributed by atoms with E-state index in [2.05, 4.69) is 6.07 Å². The molecule has 1 unspecified atom stereocenters. The molecule has 0 aromatic carbocycles. The number of allylic oxidation sites excluding steroid dienone is 1. The number of nitriles is 1. The van der Waals surface area contributed by atoms with E-state index in [9.17, 15) is 15.2 Å². The molecule has 0 radical (unpaired) electrons. The maximum atomic E-state index is 11.3. The van der Waals surface area contributed by atoms with Gasteiger partial charge in [0.1, 0.15) is 5.41 Å². The summed E-state index contributed by atoms with van der Waals surface area (Å²) in [7, 11) is 0. The van der Waals surface area contributed by atoms with Crippen LogP contribution >= 0.6 is 0 Å². The number of fused-ring (bicyclic) bond motifs is 1. The molecule has 4 nitrogen and oxygen atoms in total. The summed E-state index contributed by atoms with van der Waals surface area (Å²) in [5, 5.41) is 19.4. The first kappa shape index (κ1) is 11.3. The van der Waals surface area contributed by atoms with Crippen molar-refractivity contribution in [2.45, 2.75) is 44.5 Å². The summed E-state index contributed by atoms with van der Waals surface area (Å²) in [4.78, 5) is 11.3. The first-order valence-corrected chi connectivity index (χ1v) is 5.39. The second-order valence-electron chi connectivity index (χ2n) is 5.13. The van der Waals surface area contributed by atoms with Crippen molar-refractivity contribution in [2.24, 2.45) is 5.41 Å². The van der Waals surface area contributed by atoms with E-state index in [4.69, 9.17) is 4.74 Å². The van der Waals surface area contributed by atoms with Gasteiger partial charge in [0.05, 0.1) is 23.9 Å². The van der Waals surface area contributed by atoms with Crippen molar-refractivity contribution >= 4 is 5.78 Å². The number of aliphatic hydroxyl groups is 1. The van der Waals surface area contributed by atoms with Crippen LogP contribution in [0.15, 0.2) is 12.2 Å². The quantitative estimate of drug-likeness (QED) is 0.661. The maximum absolute atomic E-state index is 11.3. The fourth-order valence-electron chi connectivity index (χ4n) is 2.47. The van der Waals surface area contributed by atoms with Gasteiger partial charge in [0.2, 0.25) is 0 Å². The lowest BCUT2D eigenvalue weighted by atomic mass is 9.68. The van der Waals surface area contributed by atoms with Crippen LogP contribution in [-0.2, 0) is 9.53 Å². The van der Waals surface area contributed by atoms with Crippen LogP contribution in [0.3, 0.4) is 0 Å². The molecule has 0 amide bonds. The second kappa shape index (κ2) is 3.41. The van der Waals surface area contributed by atoms with Crippen molar-refractivity contribution in [3.8, 4) is 6.07 Å². The van der Waals surface area contributed by atoms with E-state index in [1.54, 1.807) is 0 Å². The summed E-state index contributed by atoms with van der Waals surface area (Å²) in [5.74, 6) is -0.0548. The zero-order valence-electron chi connectivity index (χ0n) is 9.43. The summed E-state index contributed by atoms with van der Waals surface area (Å²) in [6.07, 6.45) is 2.14. The van der Waals surface area contributed by atoms with Gasteiger partial charge < -0.3 is 9.84 Å². The molecule has 2 aliphatic rings. The number of rotatable bonds is 0. The Labute approximate surface area is 94.5 Å². The van der Waals surface area contributed by atoms with Gasteiger partial charge in [-0.1, -0.05) is 6.08 Å². The van der Waals surface area contributed by atoms with Crippen LogP contribution in [0, 0.1) is 16.7 Å². The molecule has 0 bridgehead atoms. The smallest absolute Gasteiger partial charge is 0.158 e. The van der Waals surface area contributed by atoms with Crippen molar-refractivity contribution < 1.29 is 14.6 Å². The molecule has 86 valence electrons. The van der Waals surface area contributed by atoms with Gasteiger partial charge in [0, 0.05) is 12.8 Å². The molecule has 0 aromatic heterocycles. The molecule has 2 rings (SSSR count). The average molecular weight is 221 g/mol. The fraction of sp³-hybridized carbons (Fsp3) is 0.667. The first-order valence-electron chi connectivity index (χ1n) is 5.39. The molecule has 4 heteroatoms. The summed E-state index contributed by atoms with van der Waals surface area (Å²) < 4.78 is 5.76. The Morgan fingerprint density at radius 2 is 2.31 bits per heavy atom. The number of ketones is 1. The second-order valence-corrected chi connectivity index (χ2v) is 5.13. The number of hydrogen-bond donors (Lipinski definition) is 1. The summed E-state index contributed by atoms with van der Waals surface area (Å²) >= 11 is 0. The lowest BCUT2D eigenvalue weighted by molar-refractivity contribution is -0.191. The van der Waals surface area contributed by atoms with Crippen molar-refractivity contribution in [1.82, 2.24) is 0 Å². The van der Waals surface area contributed by atoms with Gasteiger partial charge >= 0.3 is 0 Å². The number of carbonyl (C=O) groups is 1. The molecule has 1 aliphatic carbocycles. The van der Waals surface area contributed by atoms with Crippen LogP contribution < -0.4 is 0 Å². The van der Waals surface area contributed by atoms with Crippen molar-refractivity contribution in [3.05, 3.63) is 12.2 Å². The van der Waals surface area contributed by atoms with E-state index in [1.165, 1.54) is 12.2 Å². The average Bonchev–Trinajstić information content (AvgIpc) is 2.15. The van der Waals surface area contributed by atoms with E-state index in [0.29, 0.717) is 6.42 Å². The summed E-state index contributed by atoms with van der Waals surface area (Å²) in [6.45, 7) is 3.72. The molecule has 16 heavy (non-hydrogen) atoms. The predicted octanol–water partition coefficient (Wildman–Crippen LogP) is 0.954. The highest BCUT2D eigenvalue weighted by Gasteiger charge is 2.54. The lowest BCUT2D eigenvalue weighted by Gasteiger charge is -2.48. The van der Waals surface area contributed by atoms with Crippen LogP contribution in [0.2, 0.25) is 0 Å². The van der Waals surface area contributed by atoms with E-state index in [0.717, 1.165) is 0 Å². The van der Waals surface area contributed by atoms with E-state index >= 15 is 0 Å². The van der Waals surface area contributed by atoms with Gasteiger partial charge in [-0.3, -0.25) is 4.79 Å². The van der Waals surface area contributed by atoms with Crippen LogP contribution in [0.1, 0.15) is 26.7 Å². The number of aliphatic hydroxyl groups excluding tert-OH is 1. The molecular weight excluding hydrogens is 206 g/mol. The van der Waals surface area contributed by atoms with Gasteiger partial charge in [-0.25, -0.2) is 0 Å². The first-order chi connectivity index (χ1) is 7.39. The van der Waals surface area contributed by atoms with Gasteiger partial charge in [0.15, 0.2) is 5.78 Å². The third-order valence-electron chi connectivity index (χ3n) is 3.36. The highest BCUT2D eigenvalue weighted by molar-refractivity contribution is 5.91. The minimum atomic E-state index is -1.05. The largest absolute Gasteiger partial charge is 0.391 e. The molecule has 1 heterocycles. The summed E-state index contributed by atoms with van der Waals surface area (Å²) in [6, 6.07) is 2.11. The Balaban J connectivity index is 2.42. The van der Waals surface area contributed by atoms with Gasteiger partial charge in [-0.05, 0) is 19.9 Å². The Morgan fingerprint density at radius 1 is 1.62 bits per heavy atom. The van der Waals surface area contributed by atoms with Gasteiger partial charge in [-0.2, -0.15) is 5.26 Å². The minimum Gasteiger partial charge on any atom is -0.391 e. The molecule has 0 saturated carbocycles. The topological polar surface area (TPSA) is 70.3 Å². The number of nitrogens with zero attached hydrogens (tertiary/aromatic N) is 1. The van der Waals surface area contributed by atoms with E-state index < -0.39 is 23.2 Å². The summed E-state index contributed by atoms with van der Waals surface area (Å²) in [5.41, 5.74) is -1.54. The van der Waals surface area contributed by atoms with Gasteiger partial charge in [-0.15, -0.1) is 0 Å². The molecule has 1 fully saturated rings. The lowest BCUT2D eigenvalue weighted by Crippen LogP contribution is -2.57. The predicted molar refractivity (Wildman–Crippen MR) is 56.4 cm³/mol. The molecule has 3 atom stereocenters. The molecule has 1 aliphatic heterocycles. The molecule has 1 N–H and O–H groups in total. The van der Waals surface area contributed by atoms with Crippen molar-refractivity contribution in [3.63, 3.8) is 0 Å². The van der Waals surface area contributed by atoms with Gasteiger partial charge in [0.25, 0.3) is 0 Å². The minimum absolute atomic E-state index is 0.0548. The molecule has 1 saturated heterocycles. The fourth-order valence-corrected chi connectivity index (χ4v) is 2.47. The third-order valence-corrected chi connectivity index (χ3v) is 3.36. The number of ether oxygens (including phenoxy) is 1.